The summed E-state index contributed by atoms with van der Waals surface area (Å²) in [6.07, 6.45) is 13.2. The number of carbonyl (C=O) groups excluding carboxylic acids is 1. The van der Waals surface area contributed by atoms with E-state index < -0.39 is 0 Å². The number of pyridine rings is 1. The maximum Gasteiger partial charge on any atom is 0.306 e. The number of allylic oxidation sites excluding steroid dienone is 2. The molecule has 1 aromatic heterocycles. The summed E-state index contributed by atoms with van der Waals surface area (Å²) in [5, 5.41) is 0. The Labute approximate surface area is 170 Å². The fraction of sp³-hybridized carbons (Fsp3) is 0.680. The summed E-state index contributed by atoms with van der Waals surface area (Å²) < 4.78 is 5.57. The summed E-state index contributed by atoms with van der Waals surface area (Å²) in [4.78, 5) is 16.2. The Bertz CT molecular complexity index is 757. The second-order valence-electron chi connectivity index (χ2n) is 9.57. The van der Waals surface area contributed by atoms with Crippen LogP contribution in [0.3, 0.4) is 0 Å². The number of hydrogen-bond acceptors (Lipinski definition) is 3. The second-order valence-corrected chi connectivity index (χ2v) is 9.57. The fourth-order valence-electron chi connectivity index (χ4n) is 7.13. The Hall–Kier alpha value is -1.64. The quantitative estimate of drug-likeness (QED) is 0.568. The molecule has 3 nitrogen and oxygen atoms in total. The first-order chi connectivity index (χ1) is 13.5. The summed E-state index contributed by atoms with van der Waals surface area (Å²) in [6.45, 7) is 9.55. The Morgan fingerprint density at radius 1 is 1.14 bits per heavy atom. The maximum absolute atomic E-state index is 11.8. The highest BCUT2D eigenvalue weighted by Crippen LogP contribution is 2.66. The van der Waals surface area contributed by atoms with E-state index in [1.807, 2.05) is 26.2 Å². The molecule has 1 aliphatic heterocycles. The van der Waals surface area contributed by atoms with Crippen LogP contribution < -0.4 is 0 Å². The first-order valence-electron chi connectivity index (χ1n) is 11.3. The number of esters is 1. The van der Waals surface area contributed by atoms with Gasteiger partial charge in [0.25, 0.3) is 0 Å². The standard InChI is InChI=1S/C23H29NO2.C2H6/c1-22-10-9-20-17(6-5-16-12-21(25)26-14-23(16,20)2)19(22)8-7-18(22)15-4-3-11-24-13-15;1-2/h3-4,7,11,13,16-17,19-20H,5-6,8-10,12,14H2,1-2H3;1-2H3/t16?,17?,19-,20?,22?,23?;/m0./s1. The minimum absolute atomic E-state index is 0.0213. The van der Waals surface area contributed by atoms with Crippen molar-refractivity contribution in [3.63, 3.8) is 0 Å². The zero-order valence-electron chi connectivity index (χ0n) is 17.9. The van der Waals surface area contributed by atoms with Crippen molar-refractivity contribution in [3.8, 4) is 0 Å². The zero-order valence-corrected chi connectivity index (χ0v) is 17.9. The molecule has 3 aliphatic carbocycles. The van der Waals surface area contributed by atoms with Crippen molar-refractivity contribution >= 4 is 11.5 Å². The van der Waals surface area contributed by atoms with E-state index in [2.05, 4.69) is 37.0 Å². The topological polar surface area (TPSA) is 39.2 Å². The third-order valence-electron chi connectivity index (χ3n) is 8.58. The molecular weight excluding hydrogens is 346 g/mol. The number of aromatic nitrogens is 1. The highest BCUT2D eigenvalue weighted by Gasteiger charge is 2.59. The molecule has 0 aromatic carbocycles. The lowest BCUT2D eigenvalue weighted by atomic mass is 9.46. The van der Waals surface area contributed by atoms with Gasteiger partial charge in [0.15, 0.2) is 0 Å². The van der Waals surface area contributed by atoms with Crippen LogP contribution in [0, 0.1) is 34.5 Å². The molecule has 1 saturated heterocycles. The van der Waals surface area contributed by atoms with E-state index in [0.29, 0.717) is 24.9 Å². The van der Waals surface area contributed by atoms with Crippen molar-refractivity contribution in [1.29, 1.82) is 0 Å². The van der Waals surface area contributed by atoms with Gasteiger partial charge in [0.1, 0.15) is 0 Å². The van der Waals surface area contributed by atoms with Crippen LogP contribution in [0.1, 0.15) is 71.8 Å². The van der Waals surface area contributed by atoms with E-state index in [-0.39, 0.29) is 16.8 Å². The molecule has 5 unspecified atom stereocenters. The normalized spacial score (nSPS) is 41.4. The molecule has 4 aliphatic rings. The van der Waals surface area contributed by atoms with Gasteiger partial charge in [-0.1, -0.05) is 39.8 Å². The zero-order chi connectivity index (χ0) is 19.9. The molecule has 0 spiro atoms. The second kappa shape index (κ2) is 7.31. The van der Waals surface area contributed by atoms with Crippen molar-refractivity contribution in [2.45, 2.75) is 66.2 Å². The summed E-state index contributed by atoms with van der Waals surface area (Å²) in [6, 6.07) is 4.28. The number of fused-ring (bicyclic) bond motifs is 5. The SMILES string of the molecule is CC.CC12COC(=O)CC1CCC1C2CCC2(C)C(c3cccnc3)=CC[C@@H]12. The van der Waals surface area contributed by atoms with E-state index in [9.17, 15) is 4.79 Å². The molecule has 28 heavy (non-hydrogen) atoms. The predicted molar refractivity (Wildman–Crippen MR) is 112 cm³/mol. The van der Waals surface area contributed by atoms with Crippen LogP contribution in [0.15, 0.2) is 30.6 Å². The van der Waals surface area contributed by atoms with Crippen molar-refractivity contribution in [2.75, 3.05) is 6.61 Å². The van der Waals surface area contributed by atoms with E-state index in [1.165, 1.54) is 43.2 Å². The summed E-state index contributed by atoms with van der Waals surface area (Å²) in [7, 11) is 0. The van der Waals surface area contributed by atoms with Gasteiger partial charge in [-0.25, -0.2) is 0 Å². The molecule has 2 saturated carbocycles. The minimum Gasteiger partial charge on any atom is -0.465 e. The molecule has 0 amide bonds. The number of ether oxygens (including phenoxy) is 1. The van der Waals surface area contributed by atoms with Gasteiger partial charge >= 0.3 is 5.97 Å². The van der Waals surface area contributed by atoms with E-state index in [1.54, 1.807) is 0 Å². The number of rotatable bonds is 1. The van der Waals surface area contributed by atoms with E-state index in [4.69, 9.17) is 4.74 Å². The van der Waals surface area contributed by atoms with Gasteiger partial charge in [0.05, 0.1) is 6.61 Å². The molecule has 3 heteroatoms. The van der Waals surface area contributed by atoms with Crippen molar-refractivity contribution in [2.24, 2.45) is 34.5 Å². The molecular formula is C25H35NO2. The van der Waals surface area contributed by atoms with Gasteiger partial charge in [-0.3, -0.25) is 9.78 Å². The molecule has 0 N–H and O–H groups in total. The lowest BCUT2D eigenvalue weighted by Gasteiger charge is -2.59. The lowest BCUT2D eigenvalue weighted by molar-refractivity contribution is -0.178. The average molecular weight is 382 g/mol. The molecule has 0 bridgehead atoms. The third-order valence-corrected chi connectivity index (χ3v) is 8.58. The van der Waals surface area contributed by atoms with Crippen LogP contribution in [0.2, 0.25) is 0 Å². The van der Waals surface area contributed by atoms with Gasteiger partial charge in [0.2, 0.25) is 0 Å². The molecule has 1 aromatic rings. The lowest BCUT2D eigenvalue weighted by Crippen LogP contribution is -2.55. The Morgan fingerprint density at radius 2 is 1.96 bits per heavy atom. The van der Waals surface area contributed by atoms with Gasteiger partial charge in [0, 0.05) is 24.2 Å². The minimum atomic E-state index is 0.0213. The number of carbonyl (C=O) groups is 1. The molecule has 6 atom stereocenters. The molecule has 0 radical (unpaired) electrons. The van der Waals surface area contributed by atoms with Crippen molar-refractivity contribution < 1.29 is 9.53 Å². The molecule has 2 heterocycles. The van der Waals surface area contributed by atoms with Crippen molar-refractivity contribution in [1.82, 2.24) is 4.98 Å². The molecule has 5 rings (SSSR count). The van der Waals surface area contributed by atoms with Gasteiger partial charge < -0.3 is 4.74 Å². The number of hydrogen-bond donors (Lipinski definition) is 0. The van der Waals surface area contributed by atoms with Crippen LogP contribution in [-0.2, 0) is 9.53 Å². The number of nitrogens with zero attached hydrogens (tertiary/aromatic N) is 1. The van der Waals surface area contributed by atoms with Crippen LogP contribution in [-0.4, -0.2) is 17.6 Å². The van der Waals surface area contributed by atoms with Crippen molar-refractivity contribution in [3.05, 3.63) is 36.2 Å². The van der Waals surface area contributed by atoms with E-state index >= 15 is 0 Å². The first kappa shape index (κ1) is 19.7. The monoisotopic (exact) mass is 381 g/mol. The van der Waals surface area contributed by atoms with Crippen LogP contribution in [0.4, 0.5) is 0 Å². The van der Waals surface area contributed by atoms with Crippen LogP contribution in [0.5, 0.6) is 0 Å². The fourth-order valence-corrected chi connectivity index (χ4v) is 7.13. The summed E-state index contributed by atoms with van der Waals surface area (Å²) in [5.41, 5.74) is 3.30. The Morgan fingerprint density at radius 3 is 2.71 bits per heavy atom. The average Bonchev–Trinajstić information content (AvgIpc) is 3.08. The number of cyclic esters (lactones) is 1. The summed E-state index contributed by atoms with van der Waals surface area (Å²) in [5.74, 6) is 2.74. The molecule has 152 valence electrons. The van der Waals surface area contributed by atoms with E-state index in [0.717, 1.165) is 11.8 Å². The third kappa shape index (κ3) is 2.84. The highest BCUT2D eigenvalue weighted by molar-refractivity contribution is 5.72. The van der Waals surface area contributed by atoms with Crippen LogP contribution >= 0.6 is 0 Å². The first-order valence-corrected chi connectivity index (χ1v) is 11.3. The largest absolute Gasteiger partial charge is 0.465 e. The maximum atomic E-state index is 11.8. The van der Waals surface area contributed by atoms with Crippen LogP contribution in [0.25, 0.3) is 5.57 Å². The van der Waals surface area contributed by atoms with Gasteiger partial charge in [-0.2, -0.15) is 0 Å². The Kier molecular flexibility index (Phi) is 5.14. The predicted octanol–water partition coefficient (Wildman–Crippen LogP) is 5.91. The smallest absolute Gasteiger partial charge is 0.306 e. The van der Waals surface area contributed by atoms with Gasteiger partial charge in [-0.05, 0) is 78.4 Å². The summed E-state index contributed by atoms with van der Waals surface area (Å²) >= 11 is 0. The molecule has 3 fully saturated rings. The van der Waals surface area contributed by atoms with Gasteiger partial charge in [-0.15, -0.1) is 0 Å². The highest BCUT2D eigenvalue weighted by atomic mass is 16.5. The Balaban J connectivity index is 0.000000932.